The Morgan fingerprint density at radius 3 is 2.94 bits per heavy atom. The summed E-state index contributed by atoms with van der Waals surface area (Å²) in [5, 5.41) is 9.60. The Hall–Kier alpha value is -1.16. The van der Waals surface area contributed by atoms with E-state index in [-0.39, 0.29) is 5.91 Å². The number of benzene rings is 1. The highest BCUT2D eigenvalue weighted by molar-refractivity contribution is 8.00. The van der Waals surface area contributed by atoms with Crippen LogP contribution in [0.3, 0.4) is 0 Å². The molecule has 1 N–H and O–H groups in total. The summed E-state index contributed by atoms with van der Waals surface area (Å²) in [6.07, 6.45) is 0.725. The van der Waals surface area contributed by atoms with Crippen LogP contribution in [0.5, 0.6) is 5.75 Å². The van der Waals surface area contributed by atoms with Gasteiger partial charge >= 0.3 is 0 Å². The summed E-state index contributed by atoms with van der Waals surface area (Å²) in [6.45, 7) is 1.54. The summed E-state index contributed by atoms with van der Waals surface area (Å²) >= 11 is 1.69. The lowest BCUT2D eigenvalue weighted by molar-refractivity contribution is -0.128. The van der Waals surface area contributed by atoms with E-state index in [4.69, 9.17) is 0 Å². The molecular formula is C12H15NO2S. The van der Waals surface area contributed by atoms with Crippen molar-refractivity contribution in [1.82, 2.24) is 4.90 Å². The van der Waals surface area contributed by atoms with Gasteiger partial charge in [-0.1, -0.05) is 18.2 Å². The maximum atomic E-state index is 11.5. The van der Waals surface area contributed by atoms with Crippen molar-refractivity contribution >= 4 is 17.7 Å². The van der Waals surface area contributed by atoms with Crippen LogP contribution in [0.1, 0.15) is 5.56 Å². The molecule has 1 amide bonds. The van der Waals surface area contributed by atoms with E-state index in [1.807, 2.05) is 23.1 Å². The largest absolute Gasteiger partial charge is 0.508 e. The first-order valence-corrected chi connectivity index (χ1v) is 6.55. The molecule has 0 radical (unpaired) electrons. The number of hydrogen-bond donors (Lipinski definition) is 1. The molecule has 1 saturated heterocycles. The van der Waals surface area contributed by atoms with E-state index in [9.17, 15) is 9.90 Å². The fourth-order valence-corrected chi connectivity index (χ4v) is 2.62. The third kappa shape index (κ3) is 2.70. The van der Waals surface area contributed by atoms with E-state index in [1.54, 1.807) is 17.8 Å². The number of thioether (sulfide) groups is 1. The third-order valence-electron chi connectivity index (χ3n) is 2.73. The molecule has 1 fully saturated rings. The van der Waals surface area contributed by atoms with E-state index >= 15 is 0 Å². The number of rotatable bonds is 3. The summed E-state index contributed by atoms with van der Waals surface area (Å²) in [5.74, 6) is 2.15. The molecule has 3 nitrogen and oxygen atoms in total. The molecule has 0 spiro atoms. The lowest BCUT2D eigenvalue weighted by Crippen LogP contribution is -2.39. The minimum atomic E-state index is 0.215. The van der Waals surface area contributed by atoms with E-state index in [0.717, 1.165) is 24.3 Å². The van der Waals surface area contributed by atoms with Crippen molar-refractivity contribution < 1.29 is 9.90 Å². The van der Waals surface area contributed by atoms with Crippen molar-refractivity contribution in [2.24, 2.45) is 0 Å². The first-order valence-electron chi connectivity index (χ1n) is 5.40. The lowest BCUT2D eigenvalue weighted by atomic mass is 10.1. The highest BCUT2D eigenvalue weighted by atomic mass is 32.2. The number of phenolic OH excluding ortho intramolecular Hbond substituents is 1. The van der Waals surface area contributed by atoms with Gasteiger partial charge in [0.2, 0.25) is 5.91 Å². The zero-order chi connectivity index (χ0) is 11.4. The Balaban J connectivity index is 1.92. The van der Waals surface area contributed by atoms with Crippen LogP contribution in [0.4, 0.5) is 0 Å². The normalized spacial score (nSPS) is 16.5. The fourth-order valence-electron chi connectivity index (χ4n) is 1.76. The summed E-state index contributed by atoms with van der Waals surface area (Å²) in [7, 11) is 0. The average Bonchev–Trinajstić information content (AvgIpc) is 2.30. The molecule has 0 unspecified atom stereocenters. The van der Waals surface area contributed by atoms with E-state index < -0.39 is 0 Å². The first-order chi connectivity index (χ1) is 7.77. The van der Waals surface area contributed by atoms with Gasteiger partial charge in [-0.2, -0.15) is 11.8 Å². The number of carbonyl (C=O) groups is 1. The van der Waals surface area contributed by atoms with Crippen LogP contribution in [-0.2, 0) is 11.2 Å². The maximum Gasteiger partial charge on any atom is 0.232 e. The molecule has 0 bridgehead atoms. The van der Waals surface area contributed by atoms with Gasteiger partial charge in [0, 0.05) is 18.8 Å². The molecule has 2 rings (SSSR count). The molecule has 0 atom stereocenters. The number of aromatic hydroxyl groups is 1. The van der Waals surface area contributed by atoms with Crippen LogP contribution in [-0.4, -0.2) is 40.5 Å². The van der Waals surface area contributed by atoms with Gasteiger partial charge in [-0.15, -0.1) is 0 Å². The summed E-state index contributed by atoms with van der Waals surface area (Å²) in [6, 6.07) is 7.30. The van der Waals surface area contributed by atoms with Gasteiger partial charge in [0.1, 0.15) is 5.75 Å². The van der Waals surface area contributed by atoms with Gasteiger partial charge in [0.25, 0.3) is 0 Å². The SMILES string of the molecule is O=C1CSCCN1CCc1ccccc1O. The minimum Gasteiger partial charge on any atom is -0.508 e. The molecular weight excluding hydrogens is 222 g/mol. The van der Waals surface area contributed by atoms with Crippen LogP contribution >= 0.6 is 11.8 Å². The Bertz CT molecular complexity index is 381. The third-order valence-corrected chi connectivity index (χ3v) is 3.65. The van der Waals surface area contributed by atoms with Crippen molar-refractivity contribution in [3.05, 3.63) is 29.8 Å². The molecule has 0 saturated carbocycles. The van der Waals surface area contributed by atoms with Crippen LogP contribution in [0.15, 0.2) is 24.3 Å². The Labute approximate surface area is 99.5 Å². The van der Waals surface area contributed by atoms with Crippen molar-refractivity contribution in [3.8, 4) is 5.75 Å². The lowest BCUT2D eigenvalue weighted by Gasteiger charge is -2.26. The van der Waals surface area contributed by atoms with Crippen LogP contribution in [0.25, 0.3) is 0 Å². The number of hydrogen-bond acceptors (Lipinski definition) is 3. The summed E-state index contributed by atoms with van der Waals surface area (Å²) < 4.78 is 0. The van der Waals surface area contributed by atoms with Gasteiger partial charge in [0.15, 0.2) is 0 Å². The minimum absolute atomic E-state index is 0.215. The van der Waals surface area contributed by atoms with Crippen LogP contribution < -0.4 is 0 Å². The molecule has 1 aromatic carbocycles. The number of carbonyl (C=O) groups excluding carboxylic acids is 1. The first kappa shape index (κ1) is 11.3. The second-order valence-corrected chi connectivity index (χ2v) is 4.92. The zero-order valence-corrected chi connectivity index (χ0v) is 9.87. The van der Waals surface area contributed by atoms with Crippen LogP contribution in [0.2, 0.25) is 0 Å². The van der Waals surface area contributed by atoms with Gasteiger partial charge in [0.05, 0.1) is 5.75 Å². The molecule has 1 aliphatic heterocycles. The van der Waals surface area contributed by atoms with E-state index in [2.05, 4.69) is 0 Å². The number of amides is 1. The fraction of sp³-hybridized carbons (Fsp3) is 0.417. The standard InChI is InChI=1S/C12H15NO2S/c14-11-4-2-1-3-10(11)5-6-13-7-8-16-9-12(13)15/h1-4,14H,5-9H2. The zero-order valence-electron chi connectivity index (χ0n) is 9.06. The molecule has 16 heavy (non-hydrogen) atoms. The van der Waals surface area contributed by atoms with E-state index in [1.165, 1.54) is 0 Å². The van der Waals surface area contributed by atoms with Crippen molar-refractivity contribution in [2.75, 3.05) is 24.6 Å². The molecule has 1 aromatic rings. The second-order valence-electron chi connectivity index (χ2n) is 3.81. The molecule has 1 heterocycles. The average molecular weight is 237 g/mol. The highest BCUT2D eigenvalue weighted by Crippen LogP contribution is 2.17. The molecule has 1 aliphatic rings. The molecule has 4 heteroatoms. The van der Waals surface area contributed by atoms with Crippen molar-refractivity contribution in [3.63, 3.8) is 0 Å². The Kier molecular flexibility index (Phi) is 3.72. The monoisotopic (exact) mass is 237 g/mol. The smallest absolute Gasteiger partial charge is 0.232 e. The highest BCUT2D eigenvalue weighted by Gasteiger charge is 2.17. The van der Waals surface area contributed by atoms with E-state index in [0.29, 0.717) is 18.0 Å². The topological polar surface area (TPSA) is 40.5 Å². The number of nitrogens with zero attached hydrogens (tertiary/aromatic N) is 1. The molecule has 0 aliphatic carbocycles. The van der Waals surface area contributed by atoms with Gasteiger partial charge in [-0.25, -0.2) is 0 Å². The molecule has 86 valence electrons. The van der Waals surface area contributed by atoms with Crippen molar-refractivity contribution in [2.45, 2.75) is 6.42 Å². The predicted molar refractivity (Wildman–Crippen MR) is 65.7 cm³/mol. The second kappa shape index (κ2) is 5.25. The van der Waals surface area contributed by atoms with Crippen LogP contribution in [0, 0.1) is 0 Å². The number of para-hydroxylation sites is 1. The summed E-state index contributed by atoms with van der Waals surface area (Å²) in [4.78, 5) is 13.4. The maximum absolute atomic E-state index is 11.5. The van der Waals surface area contributed by atoms with Crippen molar-refractivity contribution in [1.29, 1.82) is 0 Å². The quantitative estimate of drug-likeness (QED) is 0.866. The molecule has 0 aromatic heterocycles. The van der Waals surface area contributed by atoms with Gasteiger partial charge in [-0.05, 0) is 18.1 Å². The number of phenols is 1. The van der Waals surface area contributed by atoms with Gasteiger partial charge < -0.3 is 10.0 Å². The predicted octanol–water partition coefficient (Wildman–Crippen LogP) is 1.51. The Morgan fingerprint density at radius 2 is 2.19 bits per heavy atom. The van der Waals surface area contributed by atoms with Gasteiger partial charge in [-0.3, -0.25) is 4.79 Å². The summed E-state index contributed by atoms with van der Waals surface area (Å²) in [5.41, 5.74) is 0.911. The Morgan fingerprint density at radius 1 is 1.38 bits per heavy atom.